The van der Waals surface area contributed by atoms with Crippen molar-refractivity contribution in [1.29, 1.82) is 0 Å². The maximum atomic E-state index is 13.8. The van der Waals surface area contributed by atoms with Crippen LogP contribution in [0.25, 0.3) is 0 Å². The monoisotopic (exact) mass is 534 g/mol. The van der Waals surface area contributed by atoms with Gasteiger partial charge in [-0.15, -0.1) is 23.2 Å². The summed E-state index contributed by atoms with van der Waals surface area (Å²) in [5.74, 6) is -4.33. The zero-order valence-corrected chi connectivity index (χ0v) is 20.8. The van der Waals surface area contributed by atoms with Crippen molar-refractivity contribution < 1.29 is 24.3 Å². The Kier molecular flexibility index (Phi) is 5.23. The van der Waals surface area contributed by atoms with Crippen molar-refractivity contribution in [3.63, 3.8) is 0 Å². The van der Waals surface area contributed by atoms with E-state index >= 15 is 0 Å². The molecule has 1 aliphatic heterocycles. The van der Waals surface area contributed by atoms with Gasteiger partial charge in [0, 0.05) is 18.7 Å². The van der Waals surface area contributed by atoms with E-state index in [-0.39, 0.29) is 18.5 Å². The summed E-state index contributed by atoms with van der Waals surface area (Å²) in [4.78, 5) is 49.9. The highest BCUT2D eigenvalue weighted by molar-refractivity contribution is 6.36. The molecule has 1 heterocycles. The third-order valence-electron chi connectivity index (χ3n) is 7.63. The van der Waals surface area contributed by atoms with E-state index in [0.29, 0.717) is 27.9 Å². The number of carboxylic acids is 1. The Morgan fingerprint density at radius 2 is 1.30 bits per heavy atom. The highest BCUT2D eigenvalue weighted by atomic mass is 35.5. The summed E-state index contributed by atoms with van der Waals surface area (Å²) < 4.78 is 0. The minimum atomic E-state index is -1.27. The average molecular weight is 535 g/mol. The third kappa shape index (κ3) is 3.14. The second kappa shape index (κ2) is 8.16. The van der Waals surface area contributed by atoms with Crippen molar-refractivity contribution in [3.05, 3.63) is 101 Å². The van der Waals surface area contributed by atoms with Gasteiger partial charge in [-0.1, -0.05) is 54.6 Å². The van der Waals surface area contributed by atoms with Gasteiger partial charge in [0.15, 0.2) is 0 Å². The van der Waals surface area contributed by atoms with Gasteiger partial charge in [-0.25, -0.2) is 4.79 Å². The van der Waals surface area contributed by atoms with Crippen LogP contribution in [0.5, 0.6) is 0 Å². The summed E-state index contributed by atoms with van der Waals surface area (Å²) in [5, 5.41) is 11.8. The van der Waals surface area contributed by atoms with Crippen LogP contribution >= 0.6 is 23.2 Å². The number of amides is 3. The number of carbonyl (C=O) groups excluding carboxylic acids is 3. The van der Waals surface area contributed by atoms with Crippen LogP contribution in [0, 0.1) is 11.8 Å². The molecule has 3 aromatic carbocycles. The number of imide groups is 1. The van der Waals surface area contributed by atoms with E-state index in [0.717, 1.165) is 4.90 Å². The molecule has 3 amide bonds. The van der Waals surface area contributed by atoms with Crippen LogP contribution in [0.2, 0.25) is 0 Å². The first-order valence-electron chi connectivity index (χ1n) is 11.7. The number of anilines is 1. The zero-order valence-electron chi connectivity index (χ0n) is 19.3. The van der Waals surface area contributed by atoms with E-state index in [1.807, 2.05) is 48.5 Å². The predicted molar refractivity (Wildman–Crippen MR) is 136 cm³/mol. The van der Waals surface area contributed by atoms with Crippen molar-refractivity contribution in [2.45, 2.75) is 16.2 Å². The molecule has 2 N–H and O–H groups in total. The summed E-state index contributed by atoms with van der Waals surface area (Å²) in [5.41, 5.74) is 3.19. The van der Waals surface area contributed by atoms with Gasteiger partial charge in [0.25, 0.3) is 0 Å². The maximum absolute atomic E-state index is 13.8. The number of alkyl halides is 2. The van der Waals surface area contributed by atoms with Gasteiger partial charge in [-0.2, -0.15) is 0 Å². The predicted octanol–water partition coefficient (Wildman–Crippen LogP) is 4.31. The molecule has 1 saturated heterocycles. The van der Waals surface area contributed by atoms with E-state index in [1.165, 1.54) is 18.2 Å². The molecular weight excluding hydrogens is 515 g/mol. The molecule has 7 rings (SSSR count). The van der Waals surface area contributed by atoms with Gasteiger partial charge in [0.2, 0.25) is 17.7 Å². The first-order chi connectivity index (χ1) is 17.7. The summed E-state index contributed by atoms with van der Waals surface area (Å²) >= 11 is 14.7. The zero-order chi connectivity index (χ0) is 26.1. The molecular formula is C28H20Cl2N2O5. The summed E-state index contributed by atoms with van der Waals surface area (Å²) in [7, 11) is 0. The average Bonchev–Trinajstić information content (AvgIpc) is 3.16. The molecule has 4 aliphatic rings. The molecule has 9 heteroatoms. The standard InChI is InChI=1S/C28H20Cl2N2O5/c29-27-17-8-1-2-9-18(17)28(30,20-11-4-3-10-19(20)27)23-22(27)24(34)32(25(23)35)13-12-21(33)31-16-7-5-6-15(14-16)26(36)37/h1-11,14,22-23H,12-13H2,(H,31,33)(H,36,37)/t22-,23-,27?,28?/m0/s1. The van der Waals surface area contributed by atoms with Crippen molar-refractivity contribution in [2.24, 2.45) is 11.8 Å². The van der Waals surface area contributed by atoms with Crippen LogP contribution in [-0.4, -0.2) is 40.2 Å². The van der Waals surface area contributed by atoms with Gasteiger partial charge in [0.1, 0.15) is 9.75 Å². The summed E-state index contributed by atoms with van der Waals surface area (Å²) in [6.07, 6.45) is -0.168. The quantitative estimate of drug-likeness (QED) is 0.375. The molecule has 0 unspecified atom stereocenters. The number of halogens is 2. The van der Waals surface area contributed by atoms with Crippen LogP contribution in [0.15, 0.2) is 72.8 Å². The number of hydrogen-bond acceptors (Lipinski definition) is 4. The fourth-order valence-corrected chi connectivity index (χ4v) is 7.21. The van der Waals surface area contributed by atoms with Gasteiger partial charge in [0.05, 0.1) is 17.4 Å². The minimum absolute atomic E-state index is 0.0289. The first kappa shape index (κ1) is 23.7. The number of nitrogens with zero attached hydrogens (tertiary/aromatic N) is 1. The van der Waals surface area contributed by atoms with Crippen molar-refractivity contribution in [3.8, 4) is 0 Å². The van der Waals surface area contributed by atoms with Crippen molar-refractivity contribution in [1.82, 2.24) is 4.90 Å². The van der Waals surface area contributed by atoms with Gasteiger partial charge in [-0.05, 0) is 40.5 Å². The van der Waals surface area contributed by atoms with Gasteiger partial charge >= 0.3 is 5.97 Å². The van der Waals surface area contributed by atoms with Gasteiger partial charge in [-0.3, -0.25) is 19.3 Å². The number of nitrogens with one attached hydrogen (secondary N) is 1. The Morgan fingerprint density at radius 3 is 1.76 bits per heavy atom. The Morgan fingerprint density at radius 1 is 0.811 bits per heavy atom. The fraction of sp³-hybridized carbons (Fsp3) is 0.214. The van der Waals surface area contributed by atoms with Crippen LogP contribution in [-0.2, 0) is 24.1 Å². The number of aromatic carboxylic acids is 1. The molecule has 0 saturated carbocycles. The first-order valence-corrected chi connectivity index (χ1v) is 12.5. The smallest absolute Gasteiger partial charge is 0.335 e. The Hall–Kier alpha value is -3.68. The number of benzene rings is 3. The number of carboxylic acid groups (broad SMARTS) is 1. The van der Waals surface area contributed by atoms with Gasteiger partial charge < -0.3 is 10.4 Å². The lowest BCUT2D eigenvalue weighted by Gasteiger charge is -2.54. The molecule has 2 atom stereocenters. The fourth-order valence-electron chi connectivity index (χ4n) is 6.11. The lowest BCUT2D eigenvalue weighted by molar-refractivity contribution is -0.140. The molecule has 3 aliphatic carbocycles. The van der Waals surface area contributed by atoms with Crippen LogP contribution < -0.4 is 5.32 Å². The van der Waals surface area contributed by atoms with E-state index in [2.05, 4.69) is 5.32 Å². The largest absolute Gasteiger partial charge is 0.478 e. The molecule has 37 heavy (non-hydrogen) atoms. The van der Waals surface area contributed by atoms with Crippen LogP contribution in [0.3, 0.4) is 0 Å². The number of rotatable bonds is 5. The van der Waals surface area contributed by atoms with Crippen LogP contribution in [0.4, 0.5) is 5.69 Å². The number of carbonyl (C=O) groups is 4. The Labute approximate surface area is 222 Å². The number of likely N-dealkylation sites (tertiary alicyclic amines) is 1. The maximum Gasteiger partial charge on any atom is 0.335 e. The second-order valence-electron chi connectivity index (χ2n) is 9.48. The second-order valence-corrected chi connectivity index (χ2v) is 10.7. The highest BCUT2D eigenvalue weighted by Crippen LogP contribution is 2.69. The lowest BCUT2D eigenvalue weighted by atomic mass is 9.54. The molecule has 2 bridgehead atoms. The molecule has 3 aromatic rings. The molecule has 0 radical (unpaired) electrons. The third-order valence-corrected chi connectivity index (χ3v) is 8.92. The van der Waals surface area contributed by atoms with E-state index < -0.39 is 45.3 Å². The van der Waals surface area contributed by atoms with E-state index in [9.17, 15) is 19.2 Å². The molecule has 186 valence electrons. The summed E-state index contributed by atoms with van der Waals surface area (Å²) in [6, 6.07) is 20.6. The Bertz CT molecular complexity index is 1400. The van der Waals surface area contributed by atoms with Crippen molar-refractivity contribution >= 4 is 52.6 Å². The topological polar surface area (TPSA) is 104 Å². The molecule has 1 fully saturated rings. The van der Waals surface area contributed by atoms with Crippen molar-refractivity contribution in [2.75, 3.05) is 11.9 Å². The molecule has 0 aromatic heterocycles. The highest BCUT2D eigenvalue weighted by Gasteiger charge is 2.72. The SMILES string of the molecule is O=C(CCN1C(=O)[C@@H]2[C@@H](C1=O)C1(Cl)c3ccccc3C2(Cl)c2ccccc21)Nc1cccc(C(=O)O)c1. The van der Waals surface area contributed by atoms with E-state index in [4.69, 9.17) is 28.3 Å². The molecule has 7 nitrogen and oxygen atoms in total. The number of hydrogen-bond donors (Lipinski definition) is 2. The van der Waals surface area contributed by atoms with Crippen LogP contribution in [0.1, 0.15) is 39.0 Å². The normalized spacial score (nSPS) is 26.9. The molecule has 0 spiro atoms. The lowest BCUT2D eigenvalue weighted by Crippen LogP contribution is -2.57. The minimum Gasteiger partial charge on any atom is -0.478 e. The Balaban J connectivity index is 1.31. The van der Waals surface area contributed by atoms with E-state index in [1.54, 1.807) is 6.07 Å². The summed E-state index contributed by atoms with van der Waals surface area (Å²) in [6.45, 7) is -0.151.